The molecule has 2 rings (SSSR count). The molecule has 0 unspecified atom stereocenters. The van der Waals surface area contributed by atoms with Gasteiger partial charge in [-0.2, -0.15) is 0 Å². The van der Waals surface area contributed by atoms with E-state index in [-0.39, 0.29) is 5.91 Å². The Labute approximate surface area is 115 Å². The number of carboxylic acids is 1. The lowest BCUT2D eigenvalue weighted by molar-refractivity contribution is -0.131. The quantitative estimate of drug-likeness (QED) is 0.835. The molecule has 0 atom stereocenters. The zero-order valence-corrected chi connectivity index (χ0v) is 10.5. The number of carbonyl (C=O) groups excluding carboxylic acids is 1. The summed E-state index contributed by atoms with van der Waals surface area (Å²) >= 11 is 0. The number of rotatable bonds is 4. The number of carboxylic acid groups (broad SMARTS) is 1. The summed E-state index contributed by atoms with van der Waals surface area (Å²) in [4.78, 5) is 26.3. The first kappa shape index (κ1) is 13.5. The summed E-state index contributed by atoms with van der Waals surface area (Å²) in [5, 5.41) is 11.3. The van der Waals surface area contributed by atoms with Crippen LogP contribution >= 0.6 is 0 Å². The Kier molecular flexibility index (Phi) is 4.24. The van der Waals surface area contributed by atoms with Gasteiger partial charge in [-0.1, -0.05) is 18.2 Å². The summed E-state index contributed by atoms with van der Waals surface area (Å²) in [6.45, 7) is 0. The normalized spacial score (nSPS) is 10.4. The van der Waals surface area contributed by atoms with E-state index in [1.807, 2.05) is 0 Å². The Morgan fingerprint density at radius 2 is 2.00 bits per heavy atom. The van der Waals surface area contributed by atoms with Gasteiger partial charge in [-0.15, -0.1) is 0 Å². The third-order valence-corrected chi connectivity index (χ3v) is 2.46. The van der Waals surface area contributed by atoms with Gasteiger partial charge in [-0.3, -0.25) is 9.78 Å². The molecule has 0 radical (unpaired) electrons. The maximum Gasteiger partial charge on any atom is 0.328 e. The van der Waals surface area contributed by atoms with E-state index in [4.69, 9.17) is 5.11 Å². The van der Waals surface area contributed by atoms with Crippen LogP contribution in [0.3, 0.4) is 0 Å². The molecule has 1 heterocycles. The minimum absolute atomic E-state index is 0.315. The molecule has 0 saturated carbocycles. The molecule has 0 fully saturated rings. The molecule has 0 saturated heterocycles. The van der Waals surface area contributed by atoms with Gasteiger partial charge < -0.3 is 10.4 Å². The van der Waals surface area contributed by atoms with E-state index in [2.05, 4.69) is 10.3 Å². The SMILES string of the molecule is O=C(O)/C=C/c1cccc(NC(=O)c2ccccn2)c1. The fourth-order valence-electron chi connectivity index (χ4n) is 1.58. The molecule has 1 aromatic heterocycles. The Balaban J connectivity index is 2.12. The molecule has 5 nitrogen and oxygen atoms in total. The van der Waals surface area contributed by atoms with Crippen molar-refractivity contribution in [2.24, 2.45) is 0 Å². The average Bonchev–Trinajstić information content (AvgIpc) is 2.46. The standard InChI is InChI=1S/C15H12N2O3/c18-14(19)8-7-11-4-3-5-12(10-11)17-15(20)13-6-1-2-9-16-13/h1-10H,(H,17,20)(H,18,19)/b8-7+. The largest absolute Gasteiger partial charge is 0.478 e. The third-order valence-electron chi connectivity index (χ3n) is 2.46. The molecular formula is C15H12N2O3. The number of anilines is 1. The van der Waals surface area contributed by atoms with Crippen LogP contribution in [0.15, 0.2) is 54.7 Å². The van der Waals surface area contributed by atoms with Crippen LogP contribution in [0.5, 0.6) is 0 Å². The Hall–Kier alpha value is -2.95. The van der Waals surface area contributed by atoms with Crippen LogP contribution in [0.25, 0.3) is 6.08 Å². The smallest absolute Gasteiger partial charge is 0.328 e. The molecule has 0 bridgehead atoms. The van der Waals surface area contributed by atoms with Gasteiger partial charge in [0.05, 0.1) is 0 Å². The van der Waals surface area contributed by atoms with Crippen molar-refractivity contribution in [3.63, 3.8) is 0 Å². The molecule has 2 aromatic rings. The number of aromatic nitrogens is 1. The van der Waals surface area contributed by atoms with Crippen LogP contribution in [-0.4, -0.2) is 22.0 Å². The molecule has 0 aliphatic rings. The molecular weight excluding hydrogens is 256 g/mol. The van der Waals surface area contributed by atoms with Gasteiger partial charge >= 0.3 is 5.97 Å². The number of nitrogens with one attached hydrogen (secondary N) is 1. The number of benzene rings is 1. The summed E-state index contributed by atoms with van der Waals surface area (Å²) in [6, 6.07) is 12.0. The maximum absolute atomic E-state index is 11.9. The highest BCUT2D eigenvalue weighted by atomic mass is 16.4. The van der Waals surface area contributed by atoms with E-state index in [0.717, 1.165) is 6.08 Å². The van der Waals surface area contributed by atoms with E-state index < -0.39 is 5.97 Å². The van der Waals surface area contributed by atoms with E-state index >= 15 is 0 Å². The number of nitrogens with zero attached hydrogens (tertiary/aromatic N) is 1. The van der Waals surface area contributed by atoms with E-state index in [9.17, 15) is 9.59 Å². The number of pyridine rings is 1. The van der Waals surface area contributed by atoms with Crippen molar-refractivity contribution >= 4 is 23.6 Å². The highest BCUT2D eigenvalue weighted by Gasteiger charge is 2.06. The average molecular weight is 268 g/mol. The Morgan fingerprint density at radius 3 is 2.70 bits per heavy atom. The first-order valence-electron chi connectivity index (χ1n) is 5.88. The summed E-state index contributed by atoms with van der Waals surface area (Å²) < 4.78 is 0. The van der Waals surface area contributed by atoms with E-state index in [1.54, 1.807) is 48.7 Å². The lowest BCUT2D eigenvalue weighted by Crippen LogP contribution is -2.13. The van der Waals surface area contributed by atoms with Crippen LogP contribution in [0.4, 0.5) is 5.69 Å². The molecule has 0 spiro atoms. The van der Waals surface area contributed by atoms with Gasteiger partial charge in [0.2, 0.25) is 0 Å². The second kappa shape index (κ2) is 6.29. The fourth-order valence-corrected chi connectivity index (χ4v) is 1.58. The van der Waals surface area contributed by atoms with Crippen molar-refractivity contribution in [2.75, 3.05) is 5.32 Å². The molecule has 0 aliphatic carbocycles. The van der Waals surface area contributed by atoms with Gasteiger partial charge in [0.1, 0.15) is 5.69 Å². The van der Waals surface area contributed by atoms with Gasteiger partial charge in [-0.25, -0.2) is 4.79 Å². The van der Waals surface area contributed by atoms with Crippen molar-refractivity contribution in [2.45, 2.75) is 0 Å². The first-order valence-corrected chi connectivity index (χ1v) is 5.88. The number of amides is 1. The number of aliphatic carboxylic acids is 1. The zero-order chi connectivity index (χ0) is 14.4. The van der Waals surface area contributed by atoms with E-state index in [0.29, 0.717) is 16.9 Å². The monoisotopic (exact) mass is 268 g/mol. The summed E-state index contributed by atoms with van der Waals surface area (Å²) in [6.07, 6.45) is 4.04. The lowest BCUT2D eigenvalue weighted by Gasteiger charge is -2.05. The molecule has 100 valence electrons. The molecule has 2 N–H and O–H groups in total. The van der Waals surface area contributed by atoms with Gasteiger partial charge in [0.15, 0.2) is 0 Å². The minimum Gasteiger partial charge on any atom is -0.478 e. The second-order valence-corrected chi connectivity index (χ2v) is 3.97. The van der Waals surface area contributed by atoms with Crippen LogP contribution < -0.4 is 5.32 Å². The van der Waals surface area contributed by atoms with E-state index in [1.165, 1.54) is 6.08 Å². The predicted octanol–water partition coefficient (Wildman–Crippen LogP) is 2.43. The third kappa shape index (κ3) is 3.78. The summed E-state index contributed by atoms with van der Waals surface area (Å²) in [7, 11) is 0. The number of hydrogen-bond acceptors (Lipinski definition) is 3. The van der Waals surface area contributed by atoms with Gasteiger partial charge in [0.25, 0.3) is 5.91 Å². The van der Waals surface area contributed by atoms with Crippen molar-refractivity contribution in [3.8, 4) is 0 Å². The Morgan fingerprint density at radius 1 is 1.15 bits per heavy atom. The molecule has 0 aliphatic heterocycles. The highest BCUT2D eigenvalue weighted by molar-refractivity contribution is 6.02. The second-order valence-electron chi connectivity index (χ2n) is 3.97. The molecule has 1 amide bonds. The number of hydrogen-bond donors (Lipinski definition) is 2. The predicted molar refractivity (Wildman–Crippen MR) is 75.3 cm³/mol. The van der Waals surface area contributed by atoms with Crippen molar-refractivity contribution in [3.05, 3.63) is 66.0 Å². The zero-order valence-electron chi connectivity index (χ0n) is 10.5. The lowest BCUT2D eigenvalue weighted by atomic mass is 10.2. The van der Waals surface area contributed by atoms with Crippen LogP contribution in [0.2, 0.25) is 0 Å². The molecule has 1 aromatic carbocycles. The topological polar surface area (TPSA) is 79.3 Å². The van der Waals surface area contributed by atoms with Crippen LogP contribution in [0.1, 0.15) is 16.1 Å². The van der Waals surface area contributed by atoms with Crippen molar-refractivity contribution in [1.82, 2.24) is 4.98 Å². The van der Waals surface area contributed by atoms with Gasteiger partial charge in [-0.05, 0) is 35.9 Å². The van der Waals surface area contributed by atoms with Crippen LogP contribution in [0, 0.1) is 0 Å². The summed E-state index contributed by atoms with van der Waals surface area (Å²) in [5.41, 5.74) is 1.58. The van der Waals surface area contributed by atoms with Crippen LogP contribution in [-0.2, 0) is 4.79 Å². The van der Waals surface area contributed by atoms with Gasteiger partial charge in [0, 0.05) is 18.0 Å². The minimum atomic E-state index is -1.02. The fraction of sp³-hybridized carbons (Fsp3) is 0. The maximum atomic E-state index is 11.9. The molecule has 5 heteroatoms. The molecule has 20 heavy (non-hydrogen) atoms. The number of carbonyl (C=O) groups is 2. The van der Waals surface area contributed by atoms with Crippen molar-refractivity contribution < 1.29 is 14.7 Å². The van der Waals surface area contributed by atoms with Crippen molar-refractivity contribution in [1.29, 1.82) is 0 Å². The summed E-state index contributed by atoms with van der Waals surface area (Å²) in [5.74, 6) is -1.34. The highest BCUT2D eigenvalue weighted by Crippen LogP contribution is 2.13. The first-order chi connectivity index (χ1) is 9.65. The Bertz CT molecular complexity index is 651.